The molecule has 9 heteroatoms. The number of rotatable bonds is 5. The number of amidine groups is 1. The van der Waals surface area contributed by atoms with Crippen molar-refractivity contribution in [2.75, 3.05) is 12.3 Å². The second-order valence-electron chi connectivity index (χ2n) is 7.29. The third-order valence-electron chi connectivity index (χ3n) is 4.87. The summed E-state index contributed by atoms with van der Waals surface area (Å²) < 4.78 is 1.41. The molecule has 8 nitrogen and oxygen atoms in total. The lowest BCUT2D eigenvalue weighted by Gasteiger charge is -2.28. The van der Waals surface area contributed by atoms with Gasteiger partial charge in [0, 0.05) is 12.3 Å². The van der Waals surface area contributed by atoms with Crippen LogP contribution in [0.2, 0.25) is 0 Å². The van der Waals surface area contributed by atoms with Crippen molar-refractivity contribution < 1.29 is 9.72 Å². The molecule has 1 aromatic heterocycles. The van der Waals surface area contributed by atoms with Gasteiger partial charge in [-0.15, -0.1) is 0 Å². The summed E-state index contributed by atoms with van der Waals surface area (Å²) in [5.41, 5.74) is 2.66. The molecule has 0 radical (unpaired) electrons. The Balaban J connectivity index is 1.88. The maximum atomic E-state index is 13.0. The third-order valence-corrected chi connectivity index (χ3v) is 5.94. The summed E-state index contributed by atoms with van der Waals surface area (Å²) in [4.78, 5) is 30.3. The molecule has 0 N–H and O–H groups in total. The van der Waals surface area contributed by atoms with Crippen molar-refractivity contribution in [3.05, 3.63) is 51.3 Å². The average molecular weight is 416 g/mol. The van der Waals surface area contributed by atoms with Crippen molar-refractivity contribution in [1.29, 1.82) is 0 Å². The number of carbonyl (C=O) groups excluding carboxylic acids is 1. The smallest absolute Gasteiger partial charge is 0.290 e. The van der Waals surface area contributed by atoms with Crippen molar-refractivity contribution in [3.63, 3.8) is 0 Å². The van der Waals surface area contributed by atoms with E-state index in [4.69, 9.17) is 4.99 Å². The summed E-state index contributed by atoms with van der Waals surface area (Å²) in [6, 6.07) is 7.95. The van der Waals surface area contributed by atoms with Gasteiger partial charge in [0.2, 0.25) is 5.91 Å². The Morgan fingerprint density at radius 2 is 2.07 bits per heavy atom. The van der Waals surface area contributed by atoms with Crippen LogP contribution in [-0.2, 0) is 11.3 Å². The number of aliphatic imine (C=N–C) groups is 1. The number of carbonyl (C=O) groups is 1. The maximum absolute atomic E-state index is 13.0. The topological polar surface area (TPSA) is 93.6 Å². The van der Waals surface area contributed by atoms with Crippen LogP contribution in [0.25, 0.3) is 0 Å². The Bertz CT molecular complexity index is 967. The minimum absolute atomic E-state index is 0.0365. The SMILES string of the molecule is Cc1nn(CC(=O)N2CCCSC2=Nc2ccccc2C(C)C)c(C)c1[N+](=O)[O-]. The van der Waals surface area contributed by atoms with Crippen LogP contribution >= 0.6 is 11.8 Å². The Morgan fingerprint density at radius 1 is 1.34 bits per heavy atom. The van der Waals surface area contributed by atoms with Gasteiger partial charge in [0.15, 0.2) is 5.17 Å². The molecular formula is C20H25N5O3S. The van der Waals surface area contributed by atoms with Crippen LogP contribution in [0.3, 0.4) is 0 Å². The first-order chi connectivity index (χ1) is 13.8. The lowest BCUT2D eigenvalue weighted by atomic mass is 10.0. The number of nitrogens with zero attached hydrogens (tertiary/aromatic N) is 5. The van der Waals surface area contributed by atoms with Crippen LogP contribution in [0, 0.1) is 24.0 Å². The van der Waals surface area contributed by atoms with E-state index >= 15 is 0 Å². The van der Waals surface area contributed by atoms with E-state index in [2.05, 4.69) is 25.0 Å². The molecule has 3 rings (SSSR count). The zero-order chi connectivity index (χ0) is 21.1. The summed E-state index contributed by atoms with van der Waals surface area (Å²) in [5.74, 6) is 1.06. The summed E-state index contributed by atoms with van der Waals surface area (Å²) in [6.45, 7) is 7.96. The van der Waals surface area contributed by atoms with Crippen LogP contribution in [0.4, 0.5) is 11.4 Å². The molecule has 1 amide bonds. The molecule has 2 heterocycles. The lowest BCUT2D eigenvalue weighted by Crippen LogP contribution is -2.41. The molecule has 1 fully saturated rings. The highest BCUT2D eigenvalue weighted by molar-refractivity contribution is 8.13. The quantitative estimate of drug-likeness (QED) is 0.539. The third kappa shape index (κ3) is 4.50. The zero-order valence-corrected chi connectivity index (χ0v) is 17.9. The van der Waals surface area contributed by atoms with Crippen molar-refractivity contribution in [2.24, 2.45) is 4.99 Å². The molecule has 1 aromatic carbocycles. The number of thioether (sulfide) groups is 1. The first-order valence-electron chi connectivity index (χ1n) is 9.58. The van der Waals surface area contributed by atoms with Gasteiger partial charge in [0.1, 0.15) is 17.9 Å². The number of aryl methyl sites for hydroxylation is 1. The monoisotopic (exact) mass is 415 g/mol. The van der Waals surface area contributed by atoms with Crippen LogP contribution in [0.1, 0.15) is 43.1 Å². The maximum Gasteiger partial charge on any atom is 0.312 e. The van der Waals surface area contributed by atoms with Gasteiger partial charge in [-0.05, 0) is 37.8 Å². The van der Waals surface area contributed by atoms with Crippen molar-refractivity contribution >= 4 is 34.2 Å². The molecule has 0 spiro atoms. The van der Waals surface area contributed by atoms with Crippen molar-refractivity contribution in [1.82, 2.24) is 14.7 Å². The minimum atomic E-state index is -0.453. The van der Waals surface area contributed by atoms with E-state index in [1.54, 1.807) is 30.5 Å². The molecule has 0 aliphatic carbocycles. The van der Waals surface area contributed by atoms with Gasteiger partial charge >= 0.3 is 5.69 Å². The van der Waals surface area contributed by atoms with Crippen LogP contribution < -0.4 is 0 Å². The molecule has 0 saturated carbocycles. The van der Waals surface area contributed by atoms with E-state index in [1.807, 2.05) is 18.2 Å². The van der Waals surface area contributed by atoms with E-state index in [-0.39, 0.29) is 18.1 Å². The molecule has 0 unspecified atom stereocenters. The molecule has 29 heavy (non-hydrogen) atoms. The summed E-state index contributed by atoms with van der Waals surface area (Å²) >= 11 is 1.56. The molecule has 0 atom stereocenters. The first kappa shape index (κ1) is 21.0. The van der Waals surface area contributed by atoms with Gasteiger partial charge in [0.25, 0.3) is 0 Å². The summed E-state index contributed by atoms with van der Waals surface area (Å²) in [5, 5.41) is 16.1. The van der Waals surface area contributed by atoms with E-state index in [0.29, 0.717) is 29.0 Å². The summed E-state index contributed by atoms with van der Waals surface area (Å²) in [6.07, 6.45) is 0.874. The molecule has 154 valence electrons. The number of benzene rings is 1. The molecule has 1 aliphatic heterocycles. The highest BCUT2D eigenvalue weighted by atomic mass is 32.2. The Kier molecular flexibility index (Phi) is 6.36. The van der Waals surface area contributed by atoms with Gasteiger partial charge in [-0.3, -0.25) is 24.5 Å². The fourth-order valence-electron chi connectivity index (χ4n) is 3.38. The van der Waals surface area contributed by atoms with E-state index < -0.39 is 4.92 Å². The van der Waals surface area contributed by atoms with Crippen molar-refractivity contribution in [3.8, 4) is 0 Å². The number of hydrogen-bond donors (Lipinski definition) is 0. The van der Waals surface area contributed by atoms with Gasteiger partial charge in [-0.2, -0.15) is 5.10 Å². The molecule has 2 aromatic rings. The van der Waals surface area contributed by atoms with Crippen molar-refractivity contribution in [2.45, 2.75) is 46.6 Å². The van der Waals surface area contributed by atoms with E-state index in [0.717, 1.165) is 23.4 Å². The van der Waals surface area contributed by atoms with Gasteiger partial charge < -0.3 is 0 Å². The number of amides is 1. The second kappa shape index (κ2) is 8.77. The van der Waals surface area contributed by atoms with E-state index in [9.17, 15) is 14.9 Å². The number of hydrogen-bond acceptors (Lipinski definition) is 6. The molecular weight excluding hydrogens is 390 g/mol. The highest BCUT2D eigenvalue weighted by Gasteiger charge is 2.27. The van der Waals surface area contributed by atoms with Gasteiger partial charge in [-0.1, -0.05) is 43.8 Å². The fraction of sp³-hybridized carbons (Fsp3) is 0.450. The Morgan fingerprint density at radius 3 is 2.72 bits per heavy atom. The predicted molar refractivity (Wildman–Crippen MR) is 115 cm³/mol. The predicted octanol–water partition coefficient (Wildman–Crippen LogP) is 4.18. The summed E-state index contributed by atoms with van der Waals surface area (Å²) in [7, 11) is 0. The lowest BCUT2D eigenvalue weighted by molar-refractivity contribution is -0.386. The first-order valence-corrected chi connectivity index (χ1v) is 10.6. The van der Waals surface area contributed by atoms with Crippen LogP contribution in [-0.4, -0.2) is 43.0 Å². The number of para-hydroxylation sites is 1. The normalized spacial score (nSPS) is 15.9. The fourth-order valence-corrected chi connectivity index (χ4v) is 4.35. The zero-order valence-electron chi connectivity index (χ0n) is 17.1. The van der Waals surface area contributed by atoms with E-state index in [1.165, 1.54) is 4.68 Å². The molecule has 1 saturated heterocycles. The number of nitro groups is 1. The van der Waals surface area contributed by atoms with Gasteiger partial charge in [-0.25, -0.2) is 4.99 Å². The average Bonchev–Trinajstić information content (AvgIpc) is 2.95. The Hall–Kier alpha value is -2.68. The second-order valence-corrected chi connectivity index (χ2v) is 8.35. The highest BCUT2D eigenvalue weighted by Crippen LogP contribution is 2.30. The van der Waals surface area contributed by atoms with Crippen LogP contribution in [0.15, 0.2) is 29.3 Å². The van der Waals surface area contributed by atoms with Gasteiger partial charge in [0.05, 0.1) is 10.6 Å². The van der Waals surface area contributed by atoms with Crippen LogP contribution in [0.5, 0.6) is 0 Å². The number of aromatic nitrogens is 2. The standard InChI is InChI=1S/C20H25N5O3S/c1-13(2)16-8-5-6-9-17(16)21-20-23(10-7-11-29-20)18(26)12-24-15(4)19(25(27)28)14(3)22-24/h5-6,8-9,13H,7,10-12H2,1-4H3. The Labute approximate surface area is 174 Å². The largest absolute Gasteiger partial charge is 0.312 e. The minimum Gasteiger partial charge on any atom is -0.290 e. The molecule has 0 bridgehead atoms. The molecule has 1 aliphatic rings.